The van der Waals surface area contributed by atoms with Gasteiger partial charge in [0.15, 0.2) is 0 Å². The zero-order chi connectivity index (χ0) is 8.97. The van der Waals surface area contributed by atoms with Crippen molar-refractivity contribution >= 4 is 11.6 Å². The molecule has 1 aromatic carbocycles. The molecular weight excluding hydrogens is 186 g/mol. The highest BCUT2D eigenvalue weighted by Crippen LogP contribution is 2.15. The predicted octanol–water partition coefficient (Wildman–Crippen LogP) is 2.98. The first kappa shape index (κ1) is 9.26. The normalized spacial score (nSPS) is 10.3. The largest absolute Gasteiger partial charge is 0.488 e. The van der Waals surface area contributed by atoms with Crippen LogP contribution in [0.4, 0.5) is 8.78 Å². The Hall–Kier alpha value is -0.830. The molecule has 0 aliphatic heterocycles. The molecule has 0 radical (unpaired) electrons. The van der Waals surface area contributed by atoms with Crippen molar-refractivity contribution in [3.05, 3.63) is 29.3 Å². The molecule has 0 saturated heterocycles. The maximum atomic E-state index is 11.6. The van der Waals surface area contributed by atoms with Gasteiger partial charge >= 0.3 is 0 Å². The molecular formula is C8H7ClF2O. The molecule has 0 bridgehead atoms. The summed E-state index contributed by atoms with van der Waals surface area (Å²) in [6.07, 6.45) is -2.44. The van der Waals surface area contributed by atoms with Gasteiger partial charge in [-0.3, -0.25) is 0 Å². The van der Waals surface area contributed by atoms with Gasteiger partial charge in [0.25, 0.3) is 6.43 Å². The van der Waals surface area contributed by atoms with Gasteiger partial charge in [-0.2, -0.15) is 0 Å². The first-order valence-corrected chi connectivity index (χ1v) is 3.73. The van der Waals surface area contributed by atoms with Crippen LogP contribution in [-0.2, 0) is 0 Å². The van der Waals surface area contributed by atoms with Crippen LogP contribution in [0.1, 0.15) is 0 Å². The highest BCUT2D eigenvalue weighted by molar-refractivity contribution is 6.30. The Morgan fingerprint density at radius 1 is 1.25 bits per heavy atom. The van der Waals surface area contributed by atoms with Crippen LogP contribution in [0.5, 0.6) is 5.75 Å². The van der Waals surface area contributed by atoms with E-state index in [0.717, 1.165) is 0 Å². The second kappa shape index (κ2) is 4.26. The predicted molar refractivity (Wildman–Crippen MR) is 43.0 cm³/mol. The third-order valence-electron chi connectivity index (χ3n) is 1.19. The lowest BCUT2D eigenvalue weighted by Gasteiger charge is -2.04. The average molecular weight is 193 g/mol. The van der Waals surface area contributed by atoms with Gasteiger partial charge in [0.05, 0.1) is 0 Å². The van der Waals surface area contributed by atoms with Gasteiger partial charge in [-0.25, -0.2) is 8.78 Å². The molecule has 1 rings (SSSR count). The molecule has 66 valence electrons. The molecule has 0 atom stereocenters. The van der Waals surface area contributed by atoms with Crippen molar-refractivity contribution in [1.29, 1.82) is 0 Å². The van der Waals surface area contributed by atoms with Crippen molar-refractivity contribution in [1.82, 2.24) is 0 Å². The molecule has 0 amide bonds. The lowest BCUT2D eigenvalue weighted by atomic mass is 10.3. The van der Waals surface area contributed by atoms with Crippen molar-refractivity contribution in [2.24, 2.45) is 0 Å². The van der Waals surface area contributed by atoms with Gasteiger partial charge in [-0.05, 0) is 24.3 Å². The van der Waals surface area contributed by atoms with E-state index in [-0.39, 0.29) is 0 Å². The number of hydrogen-bond donors (Lipinski definition) is 0. The summed E-state index contributed by atoms with van der Waals surface area (Å²) in [6, 6.07) is 6.26. The summed E-state index contributed by atoms with van der Waals surface area (Å²) < 4.78 is 28.0. The summed E-state index contributed by atoms with van der Waals surface area (Å²) in [4.78, 5) is 0. The van der Waals surface area contributed by atoms with Crippen molar-refractivity contribution in [3.63, 3.8) is 0 Å². The fraction of sp³-hybridized carbons (Fsp3) is 0.250. The van der Waals surface area contributed by atoms with Crippen LogP contribution in [0, 0.1) is 0 Å². The third kappa shape index (κ3) is 3.05. The Bertz CT molecular complexity index is 235. The smallest absolute Gasteiger partial charge is 0.272 e. The van der Waals surface area contributed by atoms with Crippen LogP contribution in [0.3, 0.4) is 0 Å². The van der Waals surface area contributed by atoms with Crippen LogP contribution in [0.25, 0.3) is 0 Å². The average Bonchev–Trinajstić information content (AvgIpc) is 2.03. The Morgan fingerprint density at radius 3 is 2.33 bits per heavy atom. The SMILES string of the molecule is FC(F)COc1ccc(Cl)cc1. The first-order chi connectivity index (χ1) is 5.68. The van der Waals surface area contributed by atoms with E-state index in [4.69, 9.17) is 16.3 Å². The molecule has 0 heterocycles. The van der Waals surface area contributed by atoms with Gasteiger partial charge < -0.3 is 4.74 Å². The maximum absolute atomic E-state index is 11.6. The van der Waals surface area contributed by atoms with Gasteiger partial charge in [-0.1, -0.05) is 11.6 Å². The number of alkyl halides is 2. The quantitative estimate of drug-likeness (QED) is 0.716. The van der Waals surface area contributed by atoms with E-state index < -0.39 is 13.0 Å². The second-order valence-corrected chi connectivity index (χ2v) is 2.59. The van der Waals surface area contributed by atoms with E-state index in [1.54, 1.807) is 24.3 Å². The number of benzene rings is 1. The van der Waals surface area contributed by atoms with Crippen LogP contribution in [0.2, 0.25) is 5.02 Å². The Labute approximate surface area is 73.9 Å². The lowest BCUT2D eigenvalue weighted by Crippen LogP contribution is -2.06. The highest BCUT2D eigenvalue weighted by atomic mass is 35.5. The van der Waals surface area contributed by atoms with Crippen molar-refractivity contribution in [3.8, 4) is 5.75 Å². The summed E-state index contributed by atoms with van der Waals surface area (Å²) in [6.45, 7) is -0.582. The molecule has 1 nitrogen and oxygen atoms in total. The van der Waals surface area contributed by atoms with E-state index in [0.29, 0.717) is 10.8 Å². The number of ether oxygens (including phenoxy) is 1. The zero-order valence-electron chi connectivity index (χ0n) is 6.14. The Morgan fingerprint density at radius 2 is 1.83 bits per heavy atom. The van der Waals surface area contributed by atoms with Gasteiger partial charge in [0, 0.05) is 5.02 Å². The summed E-state index contributed by atoms with van der Waals surface area (Å²) in [5.41, 5.74) is 0. The monoisotopic (exact) mass is 192 g/mol. The topological polar surface area (TPSA) is 9.23 Å². The van der Waals surface area contributed by atoms with Crippen LogP contribution < -0.4 is 4.74 Å². The minimum atomic E-state index is -2.44. The molecule has 0 fully saturated rings. The van der Waals surface area contributed by atoms with E-state index in [1.165, 1.54) is 0 Å². The van der Waals surface area contributed by atoms with E-state index in [2.05, 4.69) is 0 Å². The fourth-order valence-corrected chi connectivity index (χ4v) is 0.816. The molecule has 12 heavy (non-hydrogen) atoms. The van der Waals surface area contributed by atoms with E-state index in [9.17, 15) is 8.78 Å². The Kier molecular flexibility index (Phi) is 3.29. The molecule has 1 aromatic rings. The minimum absolute atomic E-state index is 0.403. The van der Waals surface area contributed by atoms with Crippen molar-refractivity contribution in [2.75, 3.05) is 6.61 Å². The van der Waals surface area contributed by atoms with Crippen molar-refractivity contribution < 1.29 is 13.5 Å². The van der Waals surface area contributed by atoms with Gasteiger partial charge in [-0.15, -0.1) is 0 Å². The molecule has 0 aliphatic carbocycles. The zero-order valence-corrected chi connectivity index (χ0v) is 6.89. The molecule has 0 saturated carbocycles. The molecule has 0 unspecified atom stereocenters. The molecule has 0 aliphatic rings. The number of hydrogen-bond acceptors (Lipinski definition) is 1. The van der Waals surface area contributed by atoms with Crippen LogP contribution in [-0.4, -0.2) is 13.0 Å². The van der Waals surface area contributed by atoms with Crippen molar-refractivity contribution in [2.45, 2.75) is 6.43 Å². The fourth-order valence-electron chi connectivity index (χ4n) is 0.690. The van der Waals surface area contributed by atoms with Gasteiger partial charge in [0.2, 0.25) is 0 Å². The summed E-state index contributed by atoms with van der Waals surface area (Å²) in [5.74, 6) is 0.403. The van der Waals surface area contributed by atoms with Crippen LogP contribution in [0.15, 0.2) is 24.3 Å². The lowest BCUT2D eigenvalue weighted by molar-refractivity contribution is 0.0819. The first-order valence-electron chi connectivity index (χ1n) is 3.35. The highest BCUT2D eigenvalue weighted by Gasteiger charge is 2.02. The third-order valence-corrected chi connectivity index (χ3v) is 1.44. The van der Waals surface area contributed by atoms with E-state index in [1.807, 2.05) is 0 Å². The summed E-state index contributed by atoms with van der Waals surface area (Å²) in [7, 11) is 0. The Balaban J connectivity index is 2.48. The summed E-state index contributed by atoms with van der Waals surface area (Å²) in [5, 5.41) is 0.555. The minimum Gasteiger partial charge on any atom is -0.488 e. The molecule has 4 heteroatoms. The van der Waals surface area contributed by atoms with Crippen LogP contribution >= 0.6 is 11.6 Å². The molecule has 0 spiro atoms. The second-order valence-electron chi connectivity index (χ2n) is 2.16. The number of halogens is 3. The standard InChI is InChI=1S/C8H7ClF2O/c9-6-1-3-7(4-2-6)12-5-8(10)11/h1-4,8H,5H2. The molecule has 0 N–H and O–H groups in total. The van der Waals surface area contributed by atoms with E-state index >= 15 is 0 Å². The summed E-state index contributed by atoms with van der Waals surface area (Å²) >= 11 is 5.57. The molecule has 0 aromatic heterocycles. The number of rotatable bonds is 3. The maximum Gasteiger partial charge on any atom is 0.272 e. The van der Waals surface area contributed by atoms with Gasteiger partial charge in [0.1, 0.15) is 12.4 Å².